The Kier molecular flexibility index (Phi) is 5.58. The normalized spacial score (nSPS) is 14.5. The molecule has 1 fully saturated rings. The van der Waals surface area contributed by atoms with Crippen molar-refractivity contribution >= 4 is 17.4 Å². The lowest BCUT2D eigenvalue weighted by Gasteiger charge is -2.37. The average Bonchev–Trinajstić information content (AvgIpc) is 2.66. The van der Waals surface area contributed by atoms with Gasteiger partial charge in [0.25, 0.3) is 11.6 Å². The number of non-ortho nitro benzene ring substituents is 1. The standard InChI is InChI=1S/C20H25N5O3/c1-13(2)18-14(3)21-15(4)22-19(18)23-9-11-24(12-10-23)20(26)16-5-7-17(8-6-16)25(27)28/h5-8,13H,9-12H2,1-4H3. The summed E-state index contributed by atoms with van der Waals surface area (Å²) in [5, 5.41) is 10.8. The molecule has 0 unspecified atom stereocenters. The zero-order chi connectivity index (χ0) is 20.4. The minimum Gasteiger partial charge on any atom is -0.353 e. The summed E-state index contributed by atoms with van der Waals surface area (Å²) in [7, 11) is 0. The topological polar surface area (TPSA) is 92.5 Å². The Hall–Kier alpha value is -3.03. The molecule has 148 valence electrons. The number of anilines is 1. The molecule has 0 atom stereocenters. The molecule has 3 rings (SSSR count). The number of carbonyl (C=O) groups excluding carboxylic acids is 1. The predicted octanol–water partition coefficient (Wildman–Crippen LogP) is 3.09. The maximum atomic E-state index is 12.7. The molecule has 0 spiro atoms. The van der Waals surface area contributed by atoms with Crippen molar-refractivity contribution < 1.29 is 9.72 Å². The number of aryl methyl sites for hydroxylation is 2. The van der Waals surface area contributed by atoms with Crippen molar-refractivity contribution in [1.82, 2.24) is 14.9 Å². The van der Waals surface area contributed by atoms with E-state index in [0.717, 1.165) is 22.9 Å². The molecular formula is C20H25N5O3. The summed E-state index contributed by atoms with van der Waals surface area (Å²) < 4.78 is 0. The van der Waals surface area contributed by atoms with E-state index >= 15 is 0 Å². The molecule has 2 heterocycles. The predicted molar refractivity (Wildman–Crippen MR) is 107 cm³/mol. The highest BCUT2D eigenvalue weighted by atomic mass is 16.6. The number of rotatable bonds is 4. The first-order valence-corrected chi connectivity index (χ1v) is 9.41. The highest BCUT2D eigenvalue weighted by molar-refractivity contribution is 5.94. The van der Waals surface area contributed by atoms with Gasteiger partial charge in [-0.05, 0) is 31.9 Å². The van der Waals surface area contributed by atoms with Gasteiger partial charge in [-0.15, -0.1) is 0 Å². The molecule has 2 aromatic rings. The Morgan fingerprint density at radius 3 is 2.21 bits per heavy atom. The van der Waals surface area contributed by atoms with Gasteiger partial charge >= 0.3 is 0 Å². The molecule has 0 N–H and O–H groups in total. The molecule has 8 heteroatoms. The minimum atomic E-state index is -0.467. The fourth-order valence-corrected chi connectivity index (χ4v) is 3.65. The van der Waals surface area contributed by atoms with E-state index in [4.69, 9.17) is 0 Å². The van der Waals surface area contributed by atoms with Crippen LogP contribution in [0.25, 0.3) is 0 Å². The van der Waals surface area contributed by atoms with Crippen molar-refractivity contribution in [2.24, 2.45) is 0 Å². The lowest BCUT2D eigenvalue weighted by molar-refractivity contribution is -0.384. The second-order valence-electron chi connectivity index (χ2n) is 7.33. The van der Waals surface area contributed by atoms with E-state index in [1.165, 1.54) is 24.3 Å². The number of piperazine rings is 1. The van der Waals surface area contributed by atoms with E-state index in [0.29, 0.717) is 37.7 Å². The molecule has 1 aliphatic rings. The van der Waals surface area contributed by atoms with Crippen molar-refractivity contribution in [3.05, 3.63) is 57.0 Å². The van der Waals surface area contributed by atoms with Crippen molar-refractivity contribution in [3.8, 4) is 0 Å². The van der Waals surface area contributed by atoms with E-state index in [1.54, 1.807) is 4.90 Å². The summed E-state index contributed by atoms with van der Waals surface area (Å²) in [5.41, 5.74) is 2.61. The van der Waals surface area contributed by atoms with Crippen LogP contribution in [0.15, 0.2) is 24.3 Å². The molecule has 0 saturated carbocycles. The van der Waals surface area contributed by atoms with E-state index in [9.17, 15) is 14.9 Å². The first-order chi connectivity index (χ1) is 13.3. The minimum absolute atomic E-state index is 0.0166. The van der Waals surface area contributed by atoms with Crippen LogP contribution in [0.3, 0.4) is 0 Å². The number of nitro groups is 1. The Morgan fingerprint density at radius 2 is 1.68 bits per heavy atom. The zero-order valence-corrected chi connectivity index (χ0v) is 16.7. The molecule has 28 heavy (non-hydrogen) atoms. The van der Waals surface area contributed by atoms with E-state index < -0.39 is 4.92 Å². The molecule has 0 radical (unpaired) electrons. The van der Waals surface area contributed by atoms with Crippen LogP contribution in [0.4, 0.5) is 11.5 Å². The molecule has 0 bridgehead atoms. The highest BCUT2D eigenvalue weighted by Gasteiger charge is 2.26. The van der Waals surface area contributed by atoms with Crippen molar-refractivity contribution in [3.63, 3.8) is 0 Å². The number of amides is 1. The van der Waals surface area contributed by atoms with Crippen LogP contribution in [0, 0.1) is 24.0 Å². The molecule has 1 saturated heterocycles. The van der Waals surface area contributed by atoms with Gasteiger partial charge in [-0.3, -0.25) is 14.9 Å². The smallest absolute Gasteiger partial charge is 0.269 e. The number of hydrogen-bond acceptors (Lipinski definition) is 6. The fraction of sp³-hybridized carbons (Fsp3) is 0.450. The molecule has 1 aromatic heterocycles. The maximum Gasteiger partial charge on any atom is 0.269 e. The Bertz CT molecular complexity index is 887. The first kappa shape index (κ1) is 19.7. The second kappa shape index (κ2) is 7.92. The third-order valence-electron chi connectivity index (χ3n) is 5.00. The number of carbonyl (C=O) groups is 1. The molecule has 0 aliphatic carbocycles. The third kappa shape index (κ3) is 3.95. The van der Waals surface area contributed by atoms with Crippen LogP contribution in [-0.4, -0.2) is 51.9 Å². The summed E-state index contributed by atoms with van der Waals surface area (Å²) in [5.74, 6) is 1.92. The lowest BCUT2D eigenvalue weighted by atomic mass is 10.0. The van der Waals surface area contributed by atoms with Gasteiger partial charge in [0.15, 0.2) is 0 Å². The summed E-state index contributed by atoms with van der Waals surface area (Å²) in [6, 6.07) is 5.76. The Labute approximate surface area is 164 Å². The quantitative estimate of drug-likeness (QED) is 0.595. The Balaban J connectivity index is 1.73. The number of hydrogen-bond donors (Lipinski definition) is 0. The van der Waals surface area contributed by atoms with Crippen LogP contribution >= 0.6 is 0 Å². The molecule has 1 aliphatic heterocycles. The van der Waals surface area contributed by atoms with Gasteiger partial charge in [-0.25, -0.2) is 9.97 Å². The summed E-state index contributed by atoms with van der Waals surface area (Å²) in [6.07, 6.45) is 0. The zero-order valence-electron chi connectivity index (χ0n) is 16.7. The Morgan fingerprint density at radius 1 is 1.07 bits per heavy atom. The number of benzene rings is 1. The van der Waals surface area contributed by atoms with Crippen molar-refractivity contribution in [2.75, 3.05) is 31.1 Å². The van der Waals surface area contributed by atoms with Crippen LogP contribution in [0.1, 0.15) is 47.2 Å². The van der Waals surface area contributed by atoms with E-state index in [2.05, 4.69) is 28.7 Å². The van der Waals surface area contributed by atoms with Crippen LogP contribution in [0.2, 0.25) is 0 Å². The second-order valence-corrected chi connectivity index (χ2v) is 7.33. The fourth-order valence-electron chi connectivity index (χ4n) is 3.65. The number of nitrogens with zero attached hydrogens (tertiary/aromatic N) is 5. The van der Waals surface area contributed by atoms with Gasteiger partial charge in [0, 0.05) is 55.1 Å². The lowest BCUT2D eigenvalue weighted by Crippen LogP contribution is -2.49. The van der Waals surface area contributed by atoms with Gasteiger partial charge in [0.05, 0.1) is 4.92 Å². The number of aromatic nitrogens is 2. The third-order valence-corrected chi connectivity index (χ3v) is 5.00. The van der Waals surface area contributed by atoms with Gasteiger partial charge < -0.3 is 9.80 Å². The maximum absolute atomic E-state index is 12.7. The molecule has 8 nitrogen and oxygen atoms in total. The average molecular weight is 383 g/mol. The SMILES string of the molecule is Cc1nc(C)c(C(C)C)c(N2CCN(C(=O)c3ccc([N+](=O)[O-])cc3)CC2)n1. The highest BCUT2D eigenvalue weighted by Crippen LogP contribution is 2.29. The van der Waals surface area contributed by atoms with Crippen LogP contribution in [0.5, 0.6) is 0 Å². The van der Waals surface area contributed by atoms with E-state index in [-0.39, 0.29) is 11.6 Å². The van der Waals surface area contributed by atoms with Gasteiger partial charge in [0.2, 0.25) is 0 Å². The van der Waals surface area contributed by atoms with Gasteiger partial charge in [-0.2, -0.15) is 0 Å². The largest absolute Gasteiger partial charge is 0.353 e. The van der Waals surface area contributed by atoms with Gasteiger partial charge in [0.1, 0.15) is 11.6 Å². The van der Waals surface area contributed by atoms with E-state index in [1.807, 2.05) is 13.8 Å². The molecular weight excluding hydrogens is 358 g/mol. The first-order valence-electron chi connectivity index (χ1n) is 9.41. The summed E-state index contributed by atoms with van der Waals surface area (Å²) in [4.78, 5) is 36.2. The summed E-state index contributed by atoms with van der Waals surface area (Å²) >= 11 is 0. The van der Waals surface area contributed by atoms with Crippen molar-refractivity contribution in [2.45, 2.75) is 33.6 Å². The molecule has 1 aromatic carbocycles. The van der Waals surface area contributed by atoms with Crippen LogP contribution < -0.4 is 4.90 Å². The summed E-state index contributed by atoms with van der Waals surface area (Å²) in [6.45, 7) is 10.7. The van der Waals surface area contributed by atoms with Crippen molar-refractivity contribution in [1.29, 1.82) is 0 Å². The monoisotopic (exact) mass is 383 g/mol. The van der Waals surface area contributed by atoms with Crippen LogP contribution in [-0.2, 0) is 0 Å². The van der Waals surface area contributed by atoms with Gasteiger partial charge in [-0.1, -0.05) is 13.8 Å². The molecule has 1 amide bonds. The number of nitro benzene ring substituents is 1.